The van der Waals surface area contributed by atoms with E-state index >= 15 is 0 Å². The molecule has 0 fully saturated rings. The van der Waals surface area contributed by atoms with Crippen molar-refractivity contribution in [3.05, 3.63) is 47.1 Å². The Morgan fingerprint density at radius 3 is 2.48 bits per heavy atom. The van der Waals surface area contributed by atoms with E-state index in [4.69, 9.17) is 26.8 Å². The summed E-state index contributed by atoms with van der Waals surface area (Å²) in [7, 11) is 3.06. The molecular weight excluding hydrogens is 340 g/mol. The fraction of sp³-hybridized carbons (Fsp3) is 0.111. The third-order valence-corrected chi connectivity index (χ3v) is 4.11. The maximum Gasteiger partial charge on any atom is 0.162 e. The van der Waals surface area contributed by atoms with Gasteiger partial charge in [-0.15, -0.1) is 0 Å². The fourth-order valence-electron chi connectivity index (χ4n) is 2.58. The van der Waals surface area contributed by atoms with Gasteiger partial charge in [0.2, 0.25) is 0 Å². The Hall–Kier alpha value is -3.17. The minimum Gasteiger partial charge on any atom is -0.493 e. The van der Waals surface area contributed by atoms with E-state index in [1.807, 2.05) is 12.1 Å². The summed E-state index contributed by atoms with van der Waals surface area (Å²) in [6.45, 7) is 0. The summed E-state index contributed by atoms with van der Waals surface area (Å²) in [4.78, 5) is 7.38. The maximum absolute atomic E-state index is 9.52. The normalized spacial score (nSPS) is 10.3. The molecule has 126 valence electrons. The van der Waals surface area contributed by atoms with Crippen molar-refractivity contribution in [2.75, 3.05) is 20.0 Å². The van der Waals surface area contributed by atoms with Crippen LogP contribution in [0.5, 0.6) is 11.5 Å². The number of ether oxygens (including phenoxy) is 2. The number of aromatic nitrogens is 2. The number of benzene rings is 1. The van der Waals surface area contributed by atoms with Gasteiger partial charge in [-0.25, -0.2) is 4.98 Å². The van der Waals surface area contributed by atoms with E-state index in [2.05, 4.69) is 16.0 Å². The number of halogens is 1. The van der Waals surface area contributed by atoms with Crippen LogP contribution >= 0.6 is 11.6 Å². The molecule has 6 nitrogen and oxygen atoms in total. The minimum atomic E-state index is 0.135. The van der Waals surface area contributed by atoms with Crippen molar-refractivity contribution in [1.29, 1.82) is 5.26 Å². The molecule has 3 N–H and O–H groups in total. The van der Waals surface area contributed by atoms with Crippen molar-refractivity contribution in [3.8, 4) is 40.1 Å². The number of nitriles is 1. The van der Waals surface area contributed by atoms with Crippen molar-refractivity contribution in [2.45, 2.75) is 0 Å². The number of aromatic amines is 1. The molecule has 25 heavy (non-hydrogen) atoms. The van der Waals surface area contributed by atoms with Crippen molar-refractivity contribution in [1.82, 2.24) is 9.97 Å². The standard InChI is InChI=1S/C18H15ClN4O2/c1-24-16-7-11(13(19)8-17(16)25-2)10-6-15(14-4-3-5-22-14)23-18(21)12(10)9-20/h3-8,22H,1-2H3,(H2,21,23). The van der Waals surface area contributed by atoms with E-state index < -0.39 is 0 Å². The highest BCUT2D eigenvalue weighted by Crippen LogP contribution is 2.41. The van der Waals surface area contributed by atoms with E-state index in [9.17, 15) is 5.26 Å². The highest BCUT2D eigenvalue weighted by atomic mass is 35.5. The molecular formula is C18H15ClN4O2. The molecule has 0 aliphatic carbocycles. The van der Waals surface area contributed by atoms with E-state index in [0.29, 0.717) is 33.3 Å². The first-order valence-corrected chi connectivity index (χ1v) is 7.73. The summed E-state index contributed by atoms with van der Waals surface area (Å²) in [6.07, 6.45) is 1.79. The van der Waals surface area contributed by atoms with Gasteiger partial charge in [0.25, 0.3) is 0 Å². The molecule has 0 aliphatic heterocycles. The summed E-state index contributed by atoms with van der Waals surface area (Å²) >= 11 is 6.42. The number of nitrogens with two attached hydrogens (primary N) is 1. The van der Waals surface area contributed by atoms with Gasteiger partial charge in [-0.3, -0.25) is 0 Å². The lowest BCUT2D eigenvalue weighted by Crippen LogP contribution is -2.00. The second-order valence-electron chi connectivity index (χ2n) is 5.20. The summed E-state index contributed by atoms with van der Waals surface area (Å²) in [5.74, 6) is 1.14. The minimum absolute atomic E-state index is 0.135. The summed E-state index contributed by atoms with van der Waals surface area (Å²) in [6, 6.07) is 11.0. The lowest BCUT2D eigenvalue weighted by atomic mass is 9.99. The fourth-order valence-corrected chi connectivity index (χ4v) is 2.84. The van der Waals surface area contributed by atoms with E-state index in [-0.39, 0.29) is 11.4 Å². The number of H-pyrrole nitrogens is 1. The van der Waals surface area contributed by atoms with Crippen LogP contribution in [-0.4, -0.2) is 24.2 Å². The summed E-state index contributed by atoms with van der Waals surface area (Å²) < 4.78 is 10.6. The zero-order valence-corrected chi connectivity index (χ0v) is 14.4. The van der Waals surface area contributed by atoms with Crippen LogP contribution in [0.1, 0.15) is 5.56 Å². The molecule has 3 rings (SSSR count). The molecule has 7 heteroatoms. The number of nitrogens with one attached hydrogen (secondary N) is 1. The van der Waals surface area contributed by atoms with Crippen LogP contribution in [0.2, 0.25) is 5.02 Å². The van der Waals surface area contributed by atoms with Gasteiger partial charge in [-0.05, 0) is 24.3 Å². The highest BCUT2D eigenvalue weighted by Gasteiger charge is 2.18. The number of nitrogens with zero attached hydrogens (tertiary/aromatic N) is 2. The molecule has 2 aromatic heterocycles. The van der Waals surface area contributed by atoms with Crippen molar-refractivity contribution < 1.29 is 9.47 Å². The molecule has 1 aromatic carbocycles. The van der Waals surface area contributed by atoms with Crippen LogP contribution in [-0.2, 0) is 0 Å². The first-order valence-electron chi connectivity index (χ1n) is 7.35. The Morgan fingerprint density at radius 1 is 1.16 bits per heavy atom. The van der Waals surface area contributed by atoms with Gasteiger partial charge < -0.3 is 20.2 Å². The van der Waals surface area contributed by atoms with Crippen LogP contribution < -0.4 is 15.2 Å². The van der Waals surface area contributed by atoms with Crippen LogP contribution in [0.3, 0.4) is 0 Å². The quantitative estimate of drug-likeness (QED) is 0.741. The lowest BCUT2D eigenvalue weighted by molar-refractivity contribution is 0.355. The first-order chi connectivity index (χ1) is 12.1. The molecule has 0 saturated carbocycles. The Bertz CT molecular complexity index is 962. The average molecular weight is 355 g/mol. The van der Waals surface area contributed by atoms with Crippen LogP contribution in [0, 0.1) is 11.3 Å². The van der Waals surface area contributed by atoms with Gasteiger partial charge >= 0.3 is 0 Å². The first kappa shape index (κ1) is 16.7. The van der Waals surface area contributed by atoms with Crippen molar-refractivity contribution in [3.63, 3.8) is 0 Å². The van der Waals surface area contributed by atoms with Crippen LogP contribution in [0.25, 0.3) is 22.5 Å². The van der Waals surface area contributed by atoms with Gasteiger partial charge in [0.15, 0.2) is 11.5 Å². The Kier molecular flexibility index (Phi) is 4.50. The van der Waals surface area contributed by atoms with E-state index in [1.165, 1.54) is 14.2 Å². The number of methoxy groups -OCH3 is 2. The molecule has 0 amide bonds. The number of anilines is 1. The summed E-state index contributed by atoms with van der Waals surface area (Å²) in [5, 5.41) is 9.94. The third-order valence-electron chi connectivity index (χ3n) is 3.80. The smallest absolute Gasteiger partial charge is 0.162 e. The largest absolute Gasteiger partial charge is 0.493 e. The lowest BCUT2D eigenvalue weighted by Gasteiger charge is -2.14. The number of nitrogen functional groups attached to an aromatic ring is 1. The van der Waals surface area contributed by atoms with Crippen molar-refractivity contribution in [2.24, 2.45) is 0 Å². The average Bonchev–Trinajstić information content (AvgIpc) is 3.15. The Balaban J connectivity index is 2.28. The zero-order valence-electron chi connectivity index (χ0n) is 13.6. The molecule has 0 spiro atoms. The molecule has 0 bridgehead atoms. The molecule has 0 aliphatic rings. The molecule has 2 heterocycles. The zero-order chi connectivity index (χ0) is 18.0. The SMILES string of the molecule is COc1cc(Cl)c(-c2cc(-c3ccc[nH]3)nc(N)c2C#N)cc1OC. The second kappa shape index (κ2) is 6.75. The Morgan fingerprint density at radius 2 is 1.88 bits per heavy atom. The molecule has 0 unspecified atom stereocenters. The van der Waals surface area contributed by atoms with Gasteiger partial charge in [0, 0.05) is 23.4 Å². The number of pyridine rings is 1. The molecule has 0 radical (unpaired) electrons. The molecule has 0 atom stereocenters. The predicted octanol–water partition coefficient (Wildman–Crippen LogP) is 3.87. The Labute approximate surface area is 149 Å². The van der Waals surface area contributed by atoms with E-state index in [1.54, 1.807) is 24.4 Å². The molecule has 3 aromatic rings. The van der Waals surface area contributed by atoms with Gasteiger partial charge in [-0.2, -0.15) is 5.26 Å². The third kappa shape index (κ3) is 2.97. The van der Waals surface area contributed by atoms with Gasteiger partial charge in [-0.1, -0.05) is 11.6 Å². The van der Waals surface area contributed by atoms with Crippen molar-refractivity contribution >= 4 is 17.4 Å². The topological polar surface area (TPSA) is 97.0 Å². The van der Waals surface area contributed by atoms with E-state index in [0.717, 1.165) is 5.69 Å². The van der Waals surface area contributed by atoms with Crippen LogP contribution in [0.4, 0.5) is 5.82 Å². The summed E-state index contributed by atoms with van der Waals surface area (Å²) in [5.41, 5.74) is 8.84. The van der Waals surface area contributed by atoms with Gasteiger partial charge in [0.1, 0.15) is 17.5 Å². The highest BCUT2D eigenvalue weighted by molar-refractivity contribution is 6.33. The predicted molar refractivity (Wildman–Crippen MR) is 96.7 cm³/mol. The maximum atomic E-state index is 9.52. The second-order valence-corrected chi connectivity index (χ2v) is 5.61. The van der Waals surface area contributed by atoms with Crippen LogP contribution in [0.15, 0.2) is 36.5 Å². The molecule has 0 saturated heterocycles. The number of rotatable bonds is 4. The van der Waals surface area contributed by atoms with Gasteiger partial charge in [0.05, 0.1) is 30.6 Å². The monoisotopic (exact) mass is 354 g/mol. The number of hydrogen-bond donors (Lipinski definition) is 2. The number of hydrogen-bond acceptors (Lipinski definition) is 5.